The summed E-state index contributed by atoms with van der Waals surface area (Å²) < 4.78 is 1.36. The van der Waals surface area contributed by atoms with Crippen molar-refractivity contribution in [1.29, 1.82) is 5.26 Å². The first-order valence-electron chi connectivity index (χ1n) is 8.60. The van der Waals surface area contributed by atoms with E-state index in [1.54, 1.807) is 6.92 Å². The van der Waals surface area contributed by atoms with E-state index in [9.17, 15) is 19.6 Å². The quantitative estimate of drug-likeness (QED) is 0.857. The number of ketones is 1. The molecule has 0 spiro atoms. The Kier molecular flexibility index (Phi) is 5.43. The minimum atomic E-state index is -0.545. The van der Waals surface area contributed by atoms with Crippen LogP contribution < -0.4 is 11.2 Å². The number of hydrogen-bond acceptors (Lipinski definition) is 4. The van der Waals surface area contributed by atoms with Crippen molar-refractivity contribution in [3.8, 4) is 6.07 Å². The summed E-state index contributed by atoms with van der Waals surface area (Å²) in [6, 6.07) is 2.27. The van der Waals surface area contributed by atoms with Crippen molar-refractivity contribution >= 4 is 5.78 Å². The van der Waals surface area contributed by atoms with Gasteiger partial charge in [-0.2, -0.15) is 5.26 Å². The number of carbonyl (C=O) groups excluding carboxylic acids is 1. The SMILES string of the molecule is CCn1c(C(=O)C2CC(C)CC(C#N)C2)c(C(C)C)c(=O)[nH]c1=O. The molecule has 0 bridgehead atoms. The number of carbonyl (C=O) groups is 1. The van der Waals surface area contributed by atoms with Crippen LogP contribution >= 0.6 is 0 Å². The molecule has 130 valence electrons. The monoisotopic (exact) mass is 331 g/mol. The van der Waals surface area contributed by atoms with E-state index in [4.69, 9.17) is 0 Å². The first-order valence-corrected chi connectivity index (χ1v) is 8.60. The molecule has 1 heterocycles. The molecule has 1 fully saturated rings. The summed E-state index contributed by atoms with van der Waals surface area (Å²) in [5.41, 5.74) is -0.426. The molecule has 1 aromatic heterocycles. The van der Waals surface area contributed by atoms with Gasteiger partial charge in [-0.3, -0.25) is 19.1 Å². The summed E-state index contributed by atoms with van der Waals surface area (Å²) in [4.78, 5) is 39.9. The highest BCUT2D eigenvalue weighted by molar-refractivity contribution is 5.97. The van der Waals surface area contributed by atoms with Crippen LogP contribution in [-0.4, -0.2) is 15.3 Å². The second-order valence-corrected chi connectivity index (χ2v) is 7.12. The van der Waals surface area contributed by atoms with Gasteiger partial charge in [0.2, 0.25) is 0 Å². The summed E-state index contributed by atoms with van der Waals surface area (Å²) in [6.07, 6.45) is 1.99. The molecule has 24 heavy (non-hydrogen) atoms. The number of aromatic nitrogens is 2. The van der Waals surface area contributed by atoms with Crippen LogP contribution in [0.3, 0.4) is 0 Å². The Morgan fingerprint density at radius 2 is 2.00 bits per heavy atom. The van der Waals surface area contributed by atoms with Crippen LogP contribution in [0.2, 0.25) is 0 Å². The van der Waals surface area contributed by atoms with Crippen molar-refractivity contribution in [1.82, 2.24) is 9.55 Å². The van der Waals surface area contributed by atoms with Crippen molar-refractivity contribution in [3.63, 3.8) is 0 Å². The average Bonchev–Trinajstić information content (AvgIpc) is 2.52. The second kappa shape index (κ2) is 7.16. The van der Waals surface area contributed by atoms with Gasteiger partial charge in [0.15, 0.2) is 5.78 Å². The van der Waals surface area contributed by atoms with Gasteiger partial charge < -0.3 is 0 Å². The van der Waals surface area contributed by atoms with Crippen molar-refractivity contribution in [2.75, 3.05) is 0 Å². The molecule has 6 heteroatoms. The lowest BCUT2D eigenvalue weighted by atomic mass is 9.74. The van der Waals surface area contributed by atoms with E-state index < -0.39 is 11.2 Å². The molecular weight excluding hydrogens is 306 g/mol. The zero-order valence-corrected chi connectivity index (χ0v) is 14.8. The molecule has 0 amide bonds. The molecule has 3 unspecified atom stereocenters. The molecule has 6 nitrogen and oxygen atoms in total. The fourth-order valence-electron chi connectivity index (χ4n) is 3.81. The topological polar surface area (TPSA) is 95.7 Å². The summed E-state index contributed by atoms with van der Waals surface area (Å²) in [6.45, 7) is 7.82. The standard InChI is InChI=1S/C18H25N3O3/c1-5-21-15(14(10(2)3)17(23)20-18(21)24)16(22)13-7-11(4)6-12(8-13)9-19/h10-13H,5-8H2,1-4H3,(H,20,23,24). The highest BCUT2D eigenvalue weighted by Gasteiger charge is 2.34. The fraction of sp³-hybridized carbons (Fsp3) is 0.667. The Hall–Kier alpha value is -2.16. The van der Waals surface area contributed by atoms with E-state index in [2.05, 4.69) is 11.1 Å². The second-order valence-electron chi connectivity index (χ2n) is 7.12. The molecule has 2 rings (SSSR count). The van der Waals surface area contributed by atoms with Crippen LogP contribution in [0, 0.1) is 29.1 Å². The lowest BCUT2D eigenvalue weighted by Gasteiger charge is -2.30. The van der Waals surface area contributed by atoms with E-state index in [1.165, 1.54) is 4.57 Å². The minimum Gasteiger partial charge on any atom is -0.292 e. The van der Waals surface area contributed by atoms with Crippen LogP contribution in [0.5, 0.6) is 0 Å². The zero-order valence-electron chi connectivity index (χ0n) is 14.8. The average molecular weight is 331 g/mol. The van der Waals surface area contributed by atoms with Crippen LogP contribution in [0.4, 0.5) is 0 Å². The van der Waals surface area contributed by atoms with E-state index in [1.807, 2.05) is 20.8 Å². The summed E-state index contributed by atoms with van der Waals surface area (Å²) >= 11 is 0. The lowest BCUT2D eigenvalue weighted by molar-refractivity contribution is 0.0835. The predicted octanol–water partition coefficient (Wildman–Crippen LogP) is 2.44. The Morgan fingerprint density at radius 1 is 1.33 bits per heavy atom. The fourth-order valence-corrected chi connectivity index (χ4v) is 3.81. The lowest BCUT2D eigenvalue weighted by Crippen LogP contribution is -2.39. The number of aromatic amines is 1. The van der Waals surface area contributed by atoms with Gasteiger partial charge in [-0.25, -0.2) is 4.79 Å². The number of H-pyrrole nitrogens is 1. The van der Waals surface area contributed by atoms with E-state index in [0.717, 1.165) is 6.42 Å². The Balaban J connectivity index is 2.58. The maximum atomic E-state index is 13.2. The third-order valence-electron chi connectivity index (χ3n) is 4.86. The van der Waals surface area contributed by atoms with Gasteiger partial charge in [-0.15, -0.1) is 0 Å². The summed E-state index contributed by atoms with van der Waals surface area (Å²) in [5, 5.41) is 9.24. The Labute approximate surface area is 141 Å². The van der Waals surface area contributed by atoms with E-state index in [0.29, 0.717) is 24.9 Å². The first-order chi connectivity index (χ1) is 11.3. The highest BCUT2D eigenvalue weighted by Crippen LogP contribution is 2.35. The van der Waals surface area contributed by atoms with E-state index >= 15 is 0 Å². The molecule has 3 atom stereocenters. The normalized spacial score (nSPS) is 23.9. The van der Waals surface area contributed by atoms with Gasteiger partial charge in [-0.1, -0.05) is 20.8 Å². The van der Waals surface area contributed by atoms with E-state index in [-0.39, 0.29) is 35.1 Å². The number of nitrogens with zero attached hydrogens (tertiary/aromatic N) is 2. The highest BCUT2D eigenvalue weighted by atomic mass is 16.2. The molecule has 1 aliphatic carbocycles. The maximum absolute atomic E-state index is 13.2. The van der Waals surface area contributed by atoms with Crippen molar-refractivity contribution in [2.45, 2.75) is 59.4 Å². The molecule has 0 aliphatic heterocycles. The number of rotatable bonds is 4. The Bertz CT molecular complexity index is 782. The number of nitriles is 1. The van der Waals surface area contributed by atoms with Gasteiger partial charge in [0.05, 0.1) is 11.8 Å². The smallest absolute Gasteiger partial charge is 0.292 e. The van der Waals surface area contributed by atoms with Crippen LogP contribution in [0.1, 0.15) is 68.9 Å². The van der Waals surface area contributed by atoms with Gasteiger partial charge in [0.1, 0.15) is 0 Å². The molecule has 1 aliphatic rings. The minimum absolute atomic E-state index is 0.144. The van der Waals surface area contributed by atoms with Gasteiger partial charge in [0.25, 0.3) is 5.56 Å². The van der Waals surface area contributed by atoms with Crippen molar-refractivity contribution in [2.24, 2.45) is 17.8 Å². The predicted molar refractivity (Wildman–Crippen MR) is 91.0 cm³/mol. The van der Waals surface area contributed by atoms with Crippen LogP contribution in [0.25, 0.3) is 0 Å². The molecule has 1 aromatic rings. The molecule has 0 aromatic carbocycles. The third kappa shape index (κ3) is 3.35. The summed E-state index contributed by atoms with van der Waals surface area (Å²) in [5.74, 6) is -0.512. The summed E-state index contributed by atoms with van der Waals surface area (Å²) in [7, 11) is 0. The Morgan fingerprint density at radius 3 is 2.54 bits per heavy atom. The number of nitrogens with one attached hydrogen (secondary N) is 1. The third-order valence-corrected chi connectivity index (χ3v) is 4.86. The van der Waals surface area contributed by atoms with Crippen LogP contribution in [0.15, 0.2) is 9.59 Å². The van der Waals surface area contributed by atoms with Crippen molar-refractivity contribution < 1.29 is 4.79 Å². The van der Waals surface area contributed by atoms with Gasteiger partial charge in [0, 0.05) is 23.9 Å². The number of hydrogen-bond donors (Lipinski definition) is 1. The molecule has 0 saturated heterocycles. The molecule has 0 radical (unpaired) electrons. The zero-order chi connectivity index (χ0) is 18.0. The maximum Gasteiger partial charge on any atom is 0.328 e. The largest absolute Gasteiger partial charge is 0.328 e. The van der Waals surface area contributed by atoms with Gasteiger partial charge >= 0.3 is 5.69 Å². The molecular formula is C18H25N3O3. The molecule has 1 N–H and O–H groups in total. The van der Waals surface area contributed by atoms with Crippen molar-refractivity contribution in [3.05, 3.63) is 32.1 Å². The first kappa shape index (κ1) is 18.2. The van der Waals surface area contributed by atoms with Crippen LogP contribution in [-0.2, 0) is 6.54 Å². The van der Waals surface area contributed by atoms with Gasteiger partial charge in [-0.05, 0) is 38.0 Å². The number of Topliss-reactive ketones (excluding diaryl/α,β-unsaturated/α-hetero) is 1. The molecule has 1 saturated carbocycles.